The molecule has 1 unspecified atom stereocenters. The van der Waals surface area contributed by atoms with Crippen LogP contribution in [0.2, 0.25) is 0 Å². The van der Waals surface area contributed by atoms with E-state index >= 15 is 0 Å². The van der Waals surface area contributed by atoms with Gasteiger partial charge in [-0.15, -0.1) is 0 Å². The number of rotatable bonds is 4. The molecule has 0 bridgehead atoms. The SMILES string of the molecule is OCC=Cc1ccccc1C1(c2ccccc2)C=CC=CC1. The van der Waals surface area contributed by atoms with Crippen molar-refractivity contribution in [1.29, 1.82) is 0 Å². The number of hydrogen-bond acceptors (Lipinski definition) is 1. The maximum Gasteiger partial charge on any atom is 0.0615 e. The van der Waals surface area contributed by atoms with E-state index in [9.17, 15) is 0 Å². The van der Waals surface area contributed by atoms with Crippen LogP contribution in [-0.2, 0) is 5.41 Å². The first-order chi connectivity index (χ1) is 10.9. The Kier molecular flexibility index (Phi) is 4.36. The summed E-state index contributed by atoms with van der Waals surface area (Å²) in [5, 5.41) is 9.10. The lowest BCUT2D eigenvalue weighted by molar-refractivity contribution is 0.343. The van der Waals surface area contributed by atoms with Crippen LogP contribution in [0.3, 0.4) is 0 Å². The highest BCUT2D eigenvalue weighted by Crippen LogP contribution is 2.41. The molecule has 2 aromatic rings. The molecule has 0 amide bonds. The summed E-state index contributed by atoms with van der Waals surface area (Å²) < 4.78 is 0. The van der Waals surface area contributed by atoms with Crippen LogP contribution >= 0.6 is 0 Å². The van der Waals surface area contributed by atoms with Gasteiger partial charge >= 0.3 is 0 Å². The predicted octanol–water partition coefficient (Wildman–Crippen LogP) is 4.49. The van der Waals surface area contributed by atoms with E-state index in [1.807, 2.05) is 12.1 Å². The lowest BCUT2D eigenvalue weighted by Crippen LogP contribution is -2.26. The van der Waals surface area contributed by atoms with Gasteiger partial charge in [0.25, 0.3) is 0 Å². The van der Waals surface area contributed by atoms with Crippen molar-refractivity contribution >= 4 is 6.08 Å². The zero-order valence-corrected chi connectivity index (χ0v) is 12.5. The molecule has 0 radical (unpaired) electrons. The van der Waals surface area contributed by atoms with Gasteiger partial charge in [-0.3, -0.25) is 0 Å². The number of aliphatic hydroxyl groups is 1. The minimum atomic E-state index is -0.146. The summed E-state index contributed by atoms with van der Waals surface area (Å²) in [5.41, 5.74) is 3.57. The molecular formula is C21H20O. The third-order valence-electron chi connectivity index (χ3n) is 4.20. The molecule has 3 rings (SSSR count). The second-order valence-electron chi connectivity index (χ2n) is 5.50. The second-order valence-corrected chi connectivity index (χ2v) is 5.50. The Morgan fingerprint density at radius 2 is 1.73 bits per heavy atom. The van der Waals surface area contributed by atoms with Gasteiger partial charge in [-0.25, -0.2) is 0 Å². The molecule has 22 heavy (non-hydrogen) atoms. The van der Waals surface area contributed by atoms with Crippen molar-refractivity contribution in [2.24, 2.45) is 0 Å². The lowest BCUT2D eigenvalue weighted by Gasteiger charge is -2.34. The lowest BCUT2D eigenvalue weighted by atomic mass is 9.69. The van der Waals surface area contributed by atoms with Crippen LogP contribution in [0.25, 0.3) is 6.08 Å². The smallest absolute Gasteiger partial charge is 0.0615 e. The molecule has 1 atom stereocenters. The molecule has 0 saturated carbocycles. The summed E-state index contributed by atoms with van der Waals surface area (Å²) in [5.74, 6) is 0. The third-order valence-corrected chi connectivity index (χ3v) is 4.20. The van der Waals surface area contributed by atoms with Crippen molar-refractivity contribution in [2.75, 3.05) is 6.61 Å². The summed E-state index contributed by atoms with van der Waals surface area (Å²) in [4.78, 5) is 0. The van der Waals surface area contributed by atoms with Gasteiger partial charge < -0.3 is 5.11 Å². The Morgan fingerprint density at radius 3 is 2.45 bits per heavy atom. The monoisotopic (exact) mass is 288 g/mol. The van der Waals surface area contributed by atoms with Gasteiger partial charge in [0.1, 0.15) is 0 Å². The number of hydrogen-bond donors (Lipinski definition) is 1. The van der Waals surface area contributed by atoms with Crippen LogP contribution < -0.4 is 0 Å². The number of allylic oxidation sites excluding steroid dienone is 4. The fraction of sp³-hybridized carbons (Fsp3) is 0.143. The third kappa shape index (κ3) is 2.68. The maximum atomic E-state index is 9.10. The molecule has 2 aromatic carbocycles. The highest BCUT2D eigenvalue weighted by Gasteiger charge is 2.32. The molecule has 0 saturated heterocycles. The first-order valence-electron chi connectivity index (χ1n) is 7.63. The fourth-order valence-corrected chi connectivity index (χ4v) is 3.15. The van der Waals surface area contributed by atoms with Crippen LogP contribution in [0.1, 0.15) is 23.1 Å². The summed E-state index contributed by atoms with van der Waals surface area (Å²) in [6, 6.07) is 19.0. The van der Waals surface area contributed by atoms with E-state index < -0.39 is 0 Å². The summed E-state index contributed by atoms with van der Waals surface area (Å²) in [7, 11) is 0. The summed E-state index contributed by atoms with van der Waals surface area (Å²) in [6.45, 7) is 0.0579. The molecule has 1 heteroatoms. The van der Waals surface area contributed by atoms with Crippen LogP contribution in [-0.4, -0.2) is 11.7 Å². The first-order valence-corrected chi connectivity index (χ1v) is 7.63. The Balaban J connectivity index is 2.18. The molecular weight excluding hydrogens is 268 g/mol. The second kappa shape index (κ2) is 6.59. The highest BCUT2D eigenvalue weighted by molar-refractivity contribution is 5.61. The zero-order valence-electron chi connectivity index (χ0n) is 12.5. The molecule has 0 heterocycles. The van der Waals surface area contributed by atoms with Gasteiger partial charge in [0.05, 0.1) is 6.61 Å². The Labute approximate surface area is 131 Å². The number of aliphatic hydroxyl groups excluding tert-OH is 1. The molecule has 1 nitrogen and oxygen atoms in total. The Hall–Kier alpha value is -2.38. The predicted molar refractivity (Wildman–Crippen MR) is 92.7 cm³/mol. The molecule has 0 aliphatic heterocycles. The van der Waals surface area contributed by atoms with E-state index in [0.717, 1.165) is 12.0 Å². The van der Waals surface area contributed by atoms with E-state index in [0.29, 0.717) is 0 Å². The van der Waals surface area contributed by atoms with Crippen molar-refractivity contribution in [3.63, 3.8) is 0 Å². The minimum Gasteiger partial charge on any atom is -0.392 e. The van der Waals surface area contributed by atoms with Crippen molar-refractivity contribution in [2.45, 2.75) is 11.8 Å². The molecule has 1 N–H and O–H groups in total. The zero-order chi connectivity index (χ0) is 15.3. The van der Waals surface area contributed by atoms with Crippen LogP contribution in [0.5, 0.6) is 0 Å². The van der Waals surface area contributed by atoms with Crippen molar-refractivity contribution < 1.29 is 5.11 Å². The molecule has 0 aromatic heterocycles. The Bertz CT molecular complexity index is 710. The highest BCUT2D eigenvalue weighted by atomic mass is 16.2. The minimum absolute atomic E-state index is 0.0579. The number of benzene rings is 2. The van der Waals surface area contributed by atoms with Crippen LogP contribution in [0.4, 0.5) is 0 Å². The van der Waals surface area contributed by atoms with Gasteiger partial charge in [0, 0.05) is 5.41 Å². The largest absolute Gasteiger partial charge is 0.392 e. The average molecular weight is 288 g/mol. The molecule has 0 fully saturated rings. The topological polar surface area (TPSA) is 20.2 Å². The van der Waals surface area contributed by atoms with Crippen molar-refractivity contribution in [3.8, 4) is 0 Å². The van der Waals surface area contributed by atoms with E-state index in [1.54, 1.807) is 6.08 Å². The van der Waals surface area contributed by atoms with E-state index in [2.05, 4.69) is 72.8 Å². The van der Waals surface area contributed by atoms with Crippen LogP contribution in [0.15, 0.2) is 85.0 Å². The van der Waals surface area contributed by atoms with Gasteiger partial charge in [0.15, 0.2) is 0 Å². The van der Waals surface area contributed by atoms with E-state index in [-0.39, 0.29) is 12.0 Å². The molecule has 1 aliphatic rings. The van der Waals surface area contributed by atoms with Gasteiger partial charge in [-0.2, -0.15) is 0 Å². The fourth-order valence-electron chi connectivity index (χ4n) is 3.15. The van der Waals surface area contributed by atoms with Crippen LogP contribution in [0, 0.1) is 0 Å². The first kappa shape index (κ1) is 14.6. The Morgan fingerprint density at radius 1 is 0.955 bits per heavy atom. The van der Waals surface area contributed by atoms with E-state index in [1.165, 1.54) is 11.1 Å². The molecule has 1 aliphatic carbocycles. The molecule has 110 valence electrons. The summed E-state index contributed by atoms with van der Waals surface area (Å²) >= 11 is 0. The van der Waals surface area contributed by atoms with Gasteiger partial charge in [-0.1, -0.05) is 91.1 Å². The normalized spacial score (nSPS) is 20.6. The van der Waals surface area contributed by atoms with Gasteiger partial charge in [0.2, 0.25) is 0 Å². The average Bonchev–Trinajstić information content (AvgIpc) is 2.61. The maximum absolute atomic E-state index is 9.10. The van der Waals surface area contributed by atoms with Crippen molar-refractivity contribution in [3.05, 3.63) is 102 Å². The summed E-state index contributed by atoms with van der Waals surface area (Å²) in [6.07, 6.45) is 13.5. The molecule has 0 spiro atoms. The quantitative estimate of drug-likeness (QED) is 0.878. The van der Waals surface area contributed by atoms with Gasteiger partial charge in [-0.05, 0) is 23.1 Å². The standard InChI is InChI=1S/C21H20O/c22-17-9-11-18-10-5-6-14-20(18)21(15-7-2-8-16-21)19-12-3-1-4-13-19/h1-15,22H,16-17H2. The van der Waals surface area contributed by atoms with E-state index in [4.69, 9.17) is 5.11 Å². The van der Waals surface area contributed by atoms with Crippen molar-refractivity contribution in [1.82, 2.24) is 0 Å².